The third-order valence-electron chi connectivity index (χ3n) is 4.26. The number of benzene rings is 3. The van der Waals surface area contributed by atoms with Crippen molar-refractivity contribution in [2.45, 2.75) is 11.4 Å². The molecule has 28 heavy (non-hydrogen) atoms. The average molecular weight is 390 g/mol. The molecule has 0 unspecified atom stereocenters. The first-order valence-corrected chi connectivity index (χ1v) is 10.3. The summed E-state index contributed by atoms with van der Waals surface area (Å²) in [4.78, 5) is 4.39. The van der Waals surface area contributed by atoms with Crippen molar-refractivity contribution in [3.63, 3.8) is 0 Å². The minimum absolute atomic E-state index is 0.158. The number of fused-ring (bicyclic) bond motifs is 1. The Morgan fingerprint density at radius 2 is 1.64 bits per heavy atom. The highest BCUT2D eigenvalue weighted by molar-refractivity contribution is 7.89. The van der Waals surface area contributed by atoms with Gasteiger partial charge in [-0.2, -0.15) is 0 Å². The lowest BCUT2D eigenvalue weighted by Crippen LogP contribution is -2.23. The second kappa shape index (κ2) is 7.80. The molecule has 4 aromatic rings. The molecule has 0 saturated heterocycles. The first-order chi connectivity index (χ1) is 13.6. The molecule has 0 aliphatic rings. The lowest BCUT2D eigenvalue weighted by Gasteiger charge is -2.11. The van der Waals surface area contributed by atoms with Crippen LogP contribution in [-0.2, 0) is 16.6 Å². The van der Waals surface area contributed by atoms with Gasteiger partial charge in [0.15, 0.2) is 0 Å². The van der Waals surface area contributed by atoms with E-state index in [1.165, 1.54) is 0 Å². The van der Waals surface area contributed by atoms with E-state index in [9.17, 15) is 8.42 Å². The van der Waals surface area contributed by atoms with Crippen LogP contribution in [0.2, 0.25) is 0 Å². The topological polar surface area (TPSA) is 68.3 Å². The Bertz CT molecular complexity index is 1200. The smallest absolute Gasteiger partial charge is 0.241 e. The Kier molecular flexibility index (Phi) is 5.06. The van der Waals surface area contributed by atoms with Gasteiger partial charge in [-0.1, -0.05) is 54.6 Å². The van der Waals surface area contributed by atoms with Gasteiger partial charge in [0.1, 0.15) is 5.75 Å². The van der Waals surface area contributed by atoms with Crippen molar-refractivity contribution in [3.05, 3.63) is 96.7 Å². The molecule has 0 aliphatic heterocycles. The lowest BCUT2D eigenvalue weighted by atomic mass is 10.1. The SMILES string of the molecule is O=S(=O)(NCc1cccc(Oc2ccccn2)c1)c1cccc2ccccc12. The Hall–Kier alpha value is -3.22. The van der Waals surface area contributed by atoms with E-state index in [0.29, 0.717) is 17.0 Å². The van der Waals surface area contributed by atoms with Gasteiger partial charge in [-0.3, -0.25) is 0 Å². The zero-order chi connectivity index (χ0) is 19.4. The predicted molar refractivity (Wildman–Crippen MR) is 109 cm³/mol. The van der Waals surface area contributed by atoms with E-state index in [2.05, 4.69) is 9.71 Å². The van der Waals surface area contributed by atoms with E-state index >= 15 is 0 Å². The fourth-order valence-corrected chi connectivity index (χ4v) is 4.18. The fraction of sp³-hybridized carbons (Fsp3) is 0.0455. The van der Waals surface area contributed by atoms with Crippen molar-refractivity contribution in [3.8, 4) is 11.6 Å². The van der Waals surface area contributed by atoms with Crippen LogP contribution in [0.1, 0.15) is 5.56 Å². The second-order valence-electron chi connectivity index (χ2n) is 6.22. The molecule has 0 amide bonds. The molecular formula is C22H18N2O3S. The van der Waals surface area contributed by atoms with Gasteiger partial charge in [0, 0.05) is 24.2 Å². The molecule has 6 heteroatoms. The molecule has 0 bridgehead atoms. The second-order valence-corrected chi connectivity index (χ2v) is 7.95. The number of nitrogens with one attached hydrogen (secondary N) is 1. The van der Waals surface area contributed by atoms with Crippen LogP contribution in [0.15, 0.2) is 96.0 Å². The number of nitrogens with zero attached hydrogens (tertiary/aromatic N) is 1. The molecule has 3 aromatic carbocycles. The minimum Gasteiger partial charge on any atom is -0.439 e. The standard InChI is InChI=1S/C22H18N2O3S/c25-28(26,21-12-6-9-18-8-1-2-11-20(18)21)24-16-17-7-5-10-19(15-17)27-22-13-3-4-14-23-22/h1-15,24H,16H2. The van der Waals surface area contributed by atoms with E-state index in [4.69, 9.17) is 4.74 Å². The maximum atomic E-state index is 12.8. The van der Waals surface area contributed by atoms with Crippen LogP contribution in [0, 0.1) is 0 Å². The molecule has 0 aliphatic carbocycles. The molecule has 5 nitrogen and oxygen atoms in total. The number of hydrogen-bond acceptors (Lipinski definition) is 4. The van der Waals surface area contributed by atoms with Crippen LogP contribution in [0.3, 0.4) is 0 Å². The summed E-state index contributed by atoms with van der Waals surface area (Å²) in [5.41, 5.74) is 0.789. The minimum atomic E-state index is -3.66. The van der Waals surface area contributed by atoms with Crippen molar-refractivity contribution in [1.82, 2.24) is 9.71 Å². The summed E-state index contributed by atoms with van der Waals surface area (Å²) in [6.07, 6.45) is 1.65. The maximum absolute atomic E-state index is 12.8. The third kappa shape index (κ3) is 4.03. The summed E-state index contributed by atoms with van der Waals surface area (Å²) in [5.74, 6) is 1.08. The molecule has 0 spiro atoms. The first kappa shape index (κ1) is 18.2. The lowest BCUT2D eigenvalue weighted by molar-refractivity contribution is 0.462. The largest absolute Gasteiger partial charge is 0.439 e. The quantitative estimate of drug-likeness (QED) is 0.526. The summed E-state index contributed by atoms with van der Waals surface area (Å²) in [5, 5.41) is 1.58. The predicted octanol–water partition coefficient (Wildman–Crippen LogP) is 4.51. The van der Waals surface area contributed by atoms with Crippen LogP contribution in [0.25, 0.3) is 10.8 Å². The molecule has 4 rings (SSSR count). The Morgan fingerprint density at radius 3 is 2.50 bits per heavy atom. The Balaban J connectivity index is 1.53. The number of ether oxygens (including phenoxy) is 1. The van der Waals surface area contributed by atoms with Gasteiger partial charge < -0.3 is 4.74 Å². The monoisotopic (exact) mass is 390 g/mol. The van der Waals surface area contributed by atoms with E-state index in [0.717, 1.165) is 10.9 Å². The van der Waals surface area contributed by atoms with Gasteiger partial charge in [-0.15, -0.1) is 0 Å². The number of hydrogen-bond donors (Lipinski definition) is 1. The molecule has 1 N–H and O–H groups in total. The van der Waals surface area contributed by atoms with Crippen molar-refractivity contribution in [1.29, 1.82) is 0 Å². The summed E-state index contributed by atoms with van der Waals surface area (Å²) < 4.78 is 34.1. The normalized spacial score (nSPS) is 11.4. The number of pyridine rings is 1. The number of rotatable bonds is 6. The van der Waals surface area contributed by atoms with Crippen molar-refractivity contribution in [2.24, 2.45) is 0 Å². The highest BCUT2D eigenvalue weighted by atomic mass is 32.2. The number of sulfonamides is 1. The summed E-state index contributed by atoms with van der Waals surface area (Å²) in [7, 11) is -3.66. The van der Waals surface area contributed by atoms with Gasteiger partial charge >= 0.3 is 0 Å². The van der Waals surface area contributed by atoms with E-state index < -0.39 is 10.0 Å². The van der Waals surface area contributed by atoms with Crippen molar-refractivity contribution in [2.75, 3.05) is 0 Å². The van der Waals surface area contributed by atoms with Gasteiger partial charge in [0.05, 0.1) is 4.90 Å². The molecule has 0 radical (unpaired) electrons. The zero-order valence-corrected chi connectivity index (χ0v) is 15.8. The molecule has 1 heterocycles. The van der Waals surface area contributed by atoms with Crippen molar-refractivity contribution < 1.29 is 13.2 Å². The van der Waals surface area contributed by atoms with E-state index in [1.807, 2.05) is 54.6 Å². The van der Waals surface area contributed by atoms with E-state index in [-0.39, 0.29) is 11.4 Å². The van der Waals surface area contributed by atoms with Gasteiger partial charge in [0.25, 0.3) is 0 Å². The van der Waals surface area contributed by atoms with E-state index in [1.54, 1.807) is 36.5 Å². The van der Waals surface area contributed by atoms with Crippen molar-refractivity contribution >= 4 is 20.8 Å². The van der Waals surface area contributed by atoms with Crippen LogP contribution < -0.4 is 9.46 Å². The molecule has 0 saturated carbocycles. The maximum Gasteiger partial charge on any atom is 0.241 e. The molecule has 1 aromatic heterocycles. The molecule has 140 valence electrons. The summed E-state index contributed by atoms with van der Waals surface area (Å²) >= 11 is 0. The van der Waals surface area contributed by atoms with Crippen LogP contribution in [-0.4, -0.2) is 13.4 Å². The highest BCUT2D eigenvalue weighted by Crippen LogP contribution is 2.24. The first-order valence-electron chi connectivity index (χ1n) is 8.77. The summed E-state index contributed by atoms with van der Waals surface area (Å²) in [6, 6.07) is 25.4. The fourth-order valence-electron chi connectivity index (χ4n) is 2.93. The Morgan fingerprint density at radius 1 is 0.857 bits per heavy atom. The number of aromatic nitrogens is 1. The summed E-state index contributed by atoms with van der Waals surface area (Å²) in [6.45, 7) is 0.158. The van der Waals surface area contributed by atoms with Crippen LogP contribution >= 0.6 is 0 Å². The highest BCUT2D eigenvalue weighted by Gasteiger charge is 2.16. The average Bonchev–Trinajstić information content (AvgIpc) is 2.73. The van der Waals surface area contributed by atoms with Gasteiger partial charge in [-0.05, 0) is 35.2 Å². The van der Waals surface area contributed by atoms with Crippen LogP contribution in [0.4, 0.5) is 0 Å². The molecule has 0 fully saturated rings. The Labute approximate surface area is 163 Å². The van der Waals surface area contributed by atoms with Crippen LogP contribution in [0.5, 0.6) is 11.6 Å². The molecular weight excluding hydrogens is 372 g/mol. The zero-order valence-electron chi connectivity index (χ0n) is 14.9. The molecule has 0 atom stereocenters. The third-order valence-corrected chi connectivity index (χ3v) is 5.72. The van der Waals surface area contributed by atoms with Gasteiger partial charge in [0.2, 0.25) is 15.9 Å². The van der Waals surface area contributed by atoms with Gasteiger partial charge in [-0.25, -0.2) is 18.1 Å².